The van der Waals surface area contributed by atoms with Gasteiger partial charge in [0, 0.05) is 12.2 Å². The van der Waals surface area contributed by atoms with Crippen molar-refractivity contribution in [2.75, 3.05) is 5.73 Å². The summed E-state index contributed by atoms with van der Waals surface area (Å²) < 4.78 is 7.22. The van der Waals surface area contributed by atoms with E-state index < -0.39 is 0 Å². The predicted octanol–water partition coefficient (Wildman–Crippen LogP) is 2.63. The van der Waals surface area contributed by atoms with Gasteiger partial charge in [-0.1, -0.05) is 12.1 Å². The highest BCUT2D eigenvalue weighted by Gasteiger charge is 2.28. The van der Waals surface area contributed by atoms with Gasteiger partial charge < -0.3 is 15.0 Å². The summed E-state index contributed by atoms with van der Waals surface area (Å²) in [5.74, 6) is -0.372. The van der Waals surface area contributed by atoms with Crippen LogP contribution in [0.3, 0.4) is 0 Å². The molecule has 1 aliphatic carbocycles. The van der Waals surface area contributed by atoms with Crippen LogP contribution in [-0.2, 0) is 11.3 Å². The van der Waals surface area contributed by atoms with E-state index in [1.165, 1.54) is 0 Å². The molecule has 0 aliphatic heterocycles. The zero-order chi connectivity index (χ0) is 14.8. The van der Waals surface area contributed by atoms with Gasteiger partial charge in [0.25, 0.3) is 0 Å². The Balaban J connectivity index is 1.67. The fourth-order valence-corrected chi connectivity index (χ4v) is 2.22. The average molecular weight is 281 g/mol. The Kier molecular flexibility index (Phi) is 3.36. The smallest absolute Gasteiger partial charge is 0.355 e. The first-order chi connectivity index (χ1) is 10.2. The molecule has 1 fully saturated rings. The van der Waals surface area contributed by atoms with E-state index >= 15 is 0 Å². The number of hydrogen-bond donors (Lipinski definition) is 1. The molecular weight excluding hydrogens is 266 g/mol. The zero-order valence-electron chi connectivity index (χ0n) is 11.5. The lowest BCUT2D eigenvalue weighted by molar-refractivity contribution is 0.0460. The Labute approximate surface area is 122 Å². The van der Waals surface area contributed by atoms with Gasteiger partial charge in [0.2, 0.25) is 0 Å². The standard InChI is InChI=1S/C16H15N3O2/c17-8-11-1-3-12(4-2-11)10-21-16(20)15-7-13(18)9-19(15)14-5-6-14/h1-4,7,9,14H,5-6,10,18H2. The van der Waals surface area contributed by atoms with E-state index in [4.69, 9.17) is 15.7 Å². The van der Waals surface area contributed by atoms with E-state index in [1.54, 1.807) is 36.5 Å². The molecule has 0 bridgehead atoms. The highest BCUT2D eigenvalue weighted by molar-refractivity contribution is 5.89. The number of carbonyl (C=O) groups excluding carboxylic acids is 1. The molecule has 3 rings (SSSR count). The Bertz CT molecular complexity index is 706. The summed E-state index contributed by atoms with van der Waals surface area (Å²) in [5, 5.41) is 8.74. The predicted molar refractivity (Wildman–Crippen MR) is 77.4 cm³/mol. The lowest BCUT2D eigenvalue weighted by Crippen LogP contribution is -2.11. The molecule has 1 aliphatic rings. The molecule has 0 amide bonds. The van der Waals surface area contributed by atoms with E-state index in [0.29, 0.717) is 23.0 Å². The number of aromatic nitrogens is 1. The second-order valence-corrected chi connectivity index (χ2v) is 5.18. The summed E-state index contributed by atoms with van der Waals surface area (Å²) in [4.78, 5) is 12.2. The summed E-state index contributed by atoms with van der Waals surface area (Å²) in [5.41, 5.74) is 8.27. The number of rotatable bonds is 4. The Morgan fingerprint density at radius 1 is 1.38 bits per heavy atom. The molecule has 21 heavy (non-hydrogen) atoms. The molecule has 0 saturated heterocycles. The number of nitrogens with zero attached hydrogens (tertiary/aromatic N) is 2. The highest BCUT2D eigenvalue weighted by atomic mass is 16.5. The molecule has 1 heterocycles. The van der Waals surface area contributed by atoms with Gasteiger partial charge in [-0.05, 0) is 36.6 Å². The van der Waals surface area contributed by atoms with E-state index in [-0.39, 0.29) is 12.6 Å². The third-order valence-electron chi connectivity index (χ3n) is 3.47. The first-order valence-corrected chi connectivity index (χ1v) is 6.81. The minimum absolute atomic E-state index is 0.181. The quantitative estimate of drug-likeness (QED) is 0.873. The van der Waals surface area contributed by atoms with E-state index in [2.05, 4.69) is 0 Å². The van der Waals surface area contributed by atoms with Crippen molar-refractivity contribution in [3.8, 4) is 6.07 Å². The fourth-order valence-electron chi connectivity index (χ4n) is 2.22. The molecule has 1 aromatic heterocycles. The molecule has 0 unspecified atom stereocenters. The number of nitrogens with two attached hydrogens (primary N) is 1. The first-order valence-electron chi connectivity index (χ1n) is 6.81. The minimum atomic E-state index is -0.372. The largest absolute Gasteiger partial charge is 0.456 e. The van der Waals surface area contributed by atoms with Crippen LogP contribution >= 0.6 is 0 Å². The minimum Gasteiger partial charge on any atom is -0.456 e. The fraction of sp³-hybridized carbons (Fsp3) is 0.250. The van der Waals surface area contributed by atoms with Crippen LogP contribution in [-0.4, -0.2) is 10.5 Å². The summed E-state index contributed by atoms with van der Waals surface area (Å²) in [6.07, 6.45) is 3.93. The molecule has 1 saturated carbocycles. The molecule has 2 N–H and O–H groups in total. The van der Waals surface area contributed by atoms with Crippen LogP contribution in [0.4, 0.5) is 5.69 Å². The van der Waals surface area contributed by atoms with Crippen LogP contribution in [0.1, 0.15) is 40.5 Å². The SMILES string of the molecule is N#Cc1ccc(COC(=O)c2cc(N)cn2C2CC2)cc1. The molecule has 5 nitrogen and oxygen atoms in total. The normalized spacial score (nSPS) is 13.7. The first kappa shape index (κ1) is 13.3. The molecule has 5 heteroatoms. The number of hydrogen-bond acceptors (Lipinski definition) is 4. The lowest BCUT2D eigenvalue weighted by Gasteiger charge is -2.08. The van der Waals surface area contributed by atoms with Crippen molar-refractivity contribution in [3.63, 3.8) is 0 Å². The number of anilines is 1. The number of benzene rings is 1. The van der Waals surface area contributed by atoms with Crippen LogP contribution in [0.5, 0.6) is 0 Å². The maximum atomic E-state index is 12.2. The van der Waals surface area contributed by atoms with Crippen LogP contribution < -0.4 is 5.73 Å². The average Bonchev–Trinajstić information content (AvgIpc) is 3.27. The van der Waals surface area contributed by atoms with Gasteiger partial charge in [-0.2, -0.15) is 5.26 Å². The van der Waals surface area contributed by atoms with Crippen molar-refractivity contribution in [1.29, 1.82) is 5.26 Å². The number of ether oxygens (including phenoxy) is 1. The van der Waals surface area contributed by atoms with Crippen molar-refractivity contribution < 1.29 is 9.53 Å². The second kappa shape index (κ2) is 5.33. The third-order valence-corrected chi connectivity index (χ3v) is 3.47. The topological polar surface area (TPSA) is 81.0 Å². The maximum absolute atomic E-state index is 12.2. The molecule has 106 valence electrons. The Hall–Kier alpha value is -2.74. The van der Waals surface area contributed by atoms with Crippen molar-refractivity contribution in [2.24, 2.45) is 0 Å². The number of nitrogen functional groups attached to an aromatic ring is 1. The molecule has 0 radical (unpaired) electrons. The number of nitriles is 1. The van der Waals surface area contributed by atoms with Crippen LogP contribution in [0, 0.1) is 11.3 Å². The Morgan fingerprint density at radius 3 is 2.71 bits per heavy atom. The third kappa shape index (κ3) is 2.90. The number of carbonyl (C=O) groups is 1. The lowest BCUT2D eigenvalue weighted by atomic mass is 10.2. The highest BCUT2D eigenvalue weighted by Crippen LogP contribution is 2.37. The zero-order valence-corrected chi connectivity index (χ0v) is 11.5. The van der Waals surface area contributed by atoms with Crippen molar-refractivity contribution in [2.45, 2.75) is 25.5 Å². The van der Waals surface area contributed by atoms with Crippen LogP contribution in [0.25, 0.3) is 0 Å². The van der Waals surface area contributed by atoms with Gasteiger partial charge >= 0.3 is 5.97 Å². The van der Waals surface area contributed by atoms with E-state index in [1.807, 2.05) is 10.6 Å². The van der Waals surface area contributed by atoms with Crippen molar-refractivity contribution >= 4 is 11.7 Å². The van der Waals surface area contributed by atoms with Gasteiger partial charge in [0.05, 0.1) is 17.3 Å². The van der Waals surface area contributed by atoms with Crippen LogP contribution in [0.15, 0.2) is 36.5 Å². The molecular formula is C16H15N3O2. The Morgan fingerprint density at radius 2 is 2.10 bits per heavy atom. The maximum Gasteiger partial charge on any atom is 0.355 e. The van der Waals surface area contributed by atoms with E-state index in [0.717, 1.165) is 18.4 Å². The van der Waals surface area contributed by atoms with Crippen molar-refractivity contribution in [3.05, 3.63) is 53.3 Å². The summed E-state index contributed by atoms with van der Waals surface area (Å²) >= 11 is 0. The van der Waals surface area contributed by atoms with Crippen LogP contribution in [0.2, 0.25) is 0 Å². The molecule has 0 atom stereocenters. The summed E-state index contributed by atoms with van der Waals surface area (Å²) in [6, 6.07) is 11.0. The number of esters is 1. The van der Waals surface area contributed by atoms with Crippen molar-refractivity contribution in [1.82, 2.24) is 4.57 Å². The van der Waals surface area contributed by atoms with Gasteiger partial charge in [0.1, 0.15) is 12.3 Å². The monoisotopic (exact) mass is 281 g/mol. The summed E-state index contributed by atoms with van der Waals surface area (Å²) in [6.45, 7) is 0.181. The van der Waals surface area contributed by atoms with Gasteiger partial charge in [-0.3, -0.25) is 0 Å². The van der Waals surface area contributed by atoms with Gasteiger partial charge in [-0.15, -0.1) is 0 Å². The van der Waals surface area contributed by atoms with Gasteiger partial charge in [0.15, 0.2) is 0 Å². The van der Waals surface area contributed by atoms with Gasteiger partial charge in [-0.25, -0.2) is 4.79 Å². The molecule has 1 aromatic carbocycles. The molecule has 2 aromatic rings. The second-order valence-electron chi connectivity index (χ2n) is 5.18. The molecule has 0 spiro atoms. The summed E-state index contributed by atoms with van der Waals surface area (Å²) in [7, 11) is 0. The van der Waals surface area contributed by atoms with E-state index in [9.17, 15) is 4.79 Å².